The fourth-order valence-electron chi connectivity index (χ4n) is 2.63. The van der Waals surface area contributed by atoms with Crippen LogP contribution in [0.15, 0.2) is 52.7 Å². The van der Waals surface area contributed by atoms with E-state index in [1.807, 2.05) is 6.92 Å². The first-order valence-electron chi connectivity index (χ1n) is 7.41. The number of hydrogen-bond donors (Lipinski definition) is 5. The van der Waals surface area contributed by atoms with Crippen molar-refractivity contribution < 1.29 is 29.7 Å². The molecule has 0 radical (unpaired) electrons. The van der Waals surface area contributed by atoms with Crippen molar-refractivity contribution in [2.45, 2.75) is 25.7 Å². The van der Waals surface area contributed by atoms with Crippen LogP contribution in [0.5, 0.6) is 5.75 Å². The predicted molar refractivity (Wildman–Crippen MR) is 90.1 cm³/mol. The third-order valence-electron chi connectivity index (χ3n) is 3.90. The van der Waals surface area contributed by atoms with E-state index >= 15 is 0 Å². The van der Waals surface area contributed by atoms with E-state index in [1.54, 1.807) is 24.3 Å². The van der Waals surface area contributed by atoms with Crippen LogP contribution in [0, 0.1) is 5.92 Å². The number of phenolic OH excluding ortho intramolecular Hbond substituents is 1. The van der Waals surface area contributed by atoms with Crippen LogP contribution in [0.25, 0.3) is 0 Å². The zero-order valence-corrected chi connectivity index (χ0v) is 14.0. The van der Waals surface area contributed by atoms with Crippen LogP contribution in [0.2, 0.25) is 0 Å². The van der Waals surface area contributed by atoms with E-state index < -0.39 is 13.7 Å². The maximum absolute atomic E-state index is 11.1. The molecule has 1 aliphatic carbocycles. The number of hydrogen-bond acceptors (Lipinski definition) is 4. The zero-order chi connectivity index (χ0) is 17.9. The molecule has 1 aliphatic rings. The Labute approximate surface area is 139 Å². The van der Waals surface area contributed by atoms with Gasteiger partial charge in [0.25, 0.3) is 0 Å². The molecule has 0 saturated heterocycles. The molecule has 0 aromatic heterocycles. The highest BCUT2D eigenvalue weighted by Gasteiger charge is 2.27. The Kier molecular flexibility index (Phi) is 5.49. The predicted octanol–water partition coefficient (Wildman–Crippen LogP) is 3.32. The highest BCUT2D eigenvalue weighted by atomic mass is 31.2. The summed E-state index contributed by atoms with van der Waals surface area (Å²) < 4.78 is 14.4. The number of rotatable bonds is 5. The Hall–Kier alpha value is -2.08. The molecule has 5 N–H and O–H groups in total. The van der Waals surface area contributed by atoms with Gasteiger partial charge in [0.05, 0.1) is 11.6 Å². The quantitative estimate of drug-likeness (QED) is 0.516. The van der Waals surface area contributed by atoms with Gasteiger partial charge in [0, 0.05) is 12.2 Å². The van der Waals surface area contributed by atoms with Crippen molar-refractivity contribution in [3.05, 3.63) is 53.5 Å². The van der Waals surface area contributed by atoms with Gasteiger partial charge in [-0.1, -0.05) is 19.1 Å². The summed E-state index contributed by atoms with van der Waals surface area (Å²) in [6, 6.07) is 6.77. The van der Waals surface area contributed by atoms with Gasteiger partial charge in [-0.15, -0.1) is 0 Å². The summed E-state index contributed by atoms with van der Waals surface area (Å²) in [6.07, 6.45) is 3.30. The fourth-order valence-corrected chi connectivity index (χ4v) is 3.13. The van der Waals surface area contributed by atoms with E-state index in [-0.39, 0.29) is 28.9 Å². The van der Waals surface area contributed by atoms with Gasteiger partial charge in [0.2, 0.25) is 0 Å². The summed E-state index contributed by atoms with van der Waals surface area (Å²) in [5.74, 6) is -0.888. The van der Waals surface area contributed by atoms with E-state index in [9.17, 15) is 19.9 Å². The topological polar surface area (TPSA) is 131 Å². The molecular formula is C16H20NO6P. The van der Waals surface area contributed by atoms with Crippen molar-refractivity contribution in [3.8, 4) is 5.75 Å². The molecule has 0 amide bonds. The Bertz CT molecular complexity index is 731. The van der Waals surface area contributed by atoms with Gasteiger partial charge in [-0.2, -0.15) is 4.76 Å². The summed E-state index contributed by atoms with van der Waals surface area (Å²) in [5, 5.41) is 28.8. The molecule has 2 rings (SSSR count). The highest BCUT2D eigenvalue weighted by Crippen LogP contribution is 2.39. The number of aromatic hydroxyl groups is 1. The van der Waals surface area contributed by atoms with Crippen LogP contribution >= 0.6 is 7.75 Å². The van der Waals surface area contributed by atoms with E-state index in [4.69, 9.17) is 9.79 Å². The molecule has 7 nitrogen and oxygen atoms in total. The molecule has 0 saturated carbocycles. The summed E-state index contributed by atoms with van der Waals surface area (Å²) in [7, 11) is -4.67. The molecule has 0 aliphatic heterocycles. The molecule has 1 aromatic rings. The second kappa shape index (κ2) is 7.21. The number of aliphatic hydroxyl groups excluding tert-OH is 2. The number of aliphatic hydroxyl groups is 2. The van der Waals surface area contributed by atoms with Crippen LogP contribution in [-0.2, 0) is 4.57 Å². The number of nitrogens with zero attached hydrogens (tertiary/aromatic N) is 1. The first-order valence-corrected chi connectivity index (χ1v) is 8.98. The average molecular weight is 353 g/mol. The molecule has 0 bridgehead atoms. The molecule has 0 heterocycles. The fraction of sp³-hybridized carbons (Fsp3) is 0.312. The Morgan fingerprint density at radius 3 is 2.33 bits per heavy atom. The van der Waals surface area contributed by atoms with Crippen molar-refractivity contribution in [2.24, 2.45) is 10.7 Å². The number of phenols is 1. The normalized spacial score (nSPS) is 21.3. The van der Waals surface area contributed by atoms with Gasteiger partial charge in [-0.3, -0.25) is 0 Å². The van der Waals surface area contributed by atoms with Crippen molar-refractivity contribution >= 4 is 13.5 Å². The Balaban J connectivity index is 2.14. The van der Waals surface area contributed by atoms with E-state index in [0.717, 1.165) is 17.7 Å². The lowest BCUT2D eigenvalue weighted by Gasteiger charge is -2.22. The summed E-state index contributed by atoms with van der Waals surface area (Å²) in [5.41, 5.74) is 0.956. The second-order valence-corrected chi connectivity index (χ2v) is 7.03. The first kappa shape index (κ1) is 18.3. The zero-order valence-electron chi connectivity index (χ0n) is 13.1. The van der Waals surface area contributed by atoms with Crippen LogP contribution in [-0.4, -0.2) is 30.8 Å². The van der Waals surface area contributed by atoms with Crippen molar-refractivity contribution in [3.63, 3.8) is 0 Å². The molecule has 0 fully saturated rings. The lowest BCUT2D eigenvalue weighted by atomic mass is 9.86. The number of allylic oxidation sites excluding steroid dienone is 3. The molecule has 1 aromatic carbocycles. The lowest BCUT2D eigenvalue weighted by molar-refractivity contribution is 0.337. The molecule has 8 heteroatoms. The first-order chi connectivity index (χ1) is 11.2. The van der Waals surface area contributed by atoms with E-state index in [0.29, 0.717) is 12.8 Å². The lowest BCUT2D eigenvalue weighted by Crippen LogP contribution is -2.20. The van der Waals surface area contributed by atoms with Crippen molar-refractivity contribution in [2.75, 3.05) is 0 Å². The second-order valence-electron chi connectivity index (χ2n) is 5.80. The summed E-state index contributed by atoms with van der Waals surface area (Å²) in [6.45, 7) is 1.98. The van der Waals surface area contributed by atoms with Crippen LogP contribution in [0.3, 0.4) is 0 Å². The maximum atomic E-state index is 11.1. The van der Waals surface area contributed by atoms with Gasteiger partial charge in [-0.05, 0) is 36.5 Å². The van der Waals surface area contributed by atoms with Crippen LogP contribution in [0.1, 0.15) is 31.2 Å². The van der Waals surface area contributed by atoms with Gasteiger partial charge in [-0.25, -0.2) is 4.57 Å². The maximum Gasteiger partial charge on any atom is 0.448 e. The largest absolute Gasteiger partial charge is 0.511 e. The SMILES string of the molecule is CC(CCC1C(O)=CC(O)=CC1=NP(=O)(O)O)c1ccc(O)cc1. The van der Waals surface area contributed by atoms with Crippen LogP contribution in [0.4, 0.5) is 0 Å². The molecular weight excluding hydrogens is 333 g/mol. The summed E-state index contributed by atoms with van der Waals surface area (Å²) in [4.78, 5) is 18.1. The third kappa shape index (κ3) is 4.96. The van der Waals surface area contributed by atoms with Gasteiger partial charge in [0.15, 0.2) is 0 Å². The monoisotopic (exact) mass is 353 g/mol. The highest BCUT2D eigenvalue weighted by molar-refractivity contribution is 7.50. The molecule has 130 valence electrons. The molecule has 0 spiro atoms. The molecule has 24 heavy (non-hydrogen) atoms. The minimum Gasteiger partial charge on any atom is -0.511 e. The minimum absolute atomic E-state index is 0.0428. The van der Waals surface area contributed by atoms with Crippen LogP contribution < -0.4 is 0 Å². The van der Waals surface area contributed by atoms with Gasteiger partial charge < -0.3 is 25.1 Å². The Morgan fingerprint density at radius 2 is 1.75 bits per heavy atom. The minimum atomic E-state index is -4.67. The van der Waals surface area contributed by atoms with Crippen molar-refractivity contribution in [1.29, 1.82) is 0 Å². The van der Waals surface area contributed by atoms with Gasteiger partial charge >= 0.3 is 7.75 Å². The average Bonchev–Trinajstić information content (AvgIpc) is 2.45. The smallest absolute Gasteiger partial charge is 0.448 e. The summed E-state index contributed by atoms with van der Waals surface area (Å²) >= 11 is 0. The van der Waals surface area contributed by atoms with E-state index in [2.05, 4.69) is 4.76 Å². The molecule has 2 atom stereocenters. The molecule has 2 unspecified atom stereocenters. The number of benzene rings is 1. The standard InChI is InChI=1S/C16H20NO6P/c1-10(11-3-5-12(18)6-4-11)2-7-14-15(17-24(21,22)23)8-13(19)9-16(14)20/h3-6,8-10,14,18-20H,2,7H2,1H3,(H2,21,22,23). The Morgan fingerprint density at radius 1 is 1.12 bits per heavy atom. The van der Waals surface area contributed by atoms with Crippen molar-refractivity contribution in [1.82, 2.24) is 0 Å². The van der Waals surface area contributed by atoms with Gasteiger partial charge in [0.1, 0.15) is 17.3 Å². The third-order valence-corrected chi connectivity index (χ3v) is 4.39. The van der Waals surface area contributed by atoms with E-state index in [1.165, 1.54) is 0 Å².